The van der Waals surface area contributed by atoms with Crippen molar-refractivity contribution in [1.82, 2.24) is 5.32 Å². The summed E-state index contributed by atoms with van der Waals surface area (Å²) in [6.45, 7) is 10.5. The Bertz CT molecular complexity index is 757. The number of alkyl carbamates (subject to hydrolysis) is 1. The van der Waals surface area contributed by atoms with E-state index in [2.05, 4.69) is 12.2 Å². The smallest absolute Gasteiger partial charge is 0.407 e. The molecule has 0 aliphatic heterocycles. The molecule has 1 aromatic rings. The number of carbonyl (C=O) groups is 1. The minimum absolute atomic E-state index is 0.246. The predicted octanol–water partition coefficient (Wildman–Crippen LogP) is 7.12. The zero-order valence-electron chi connectivity index (χ0n) is 29.6. The second-order valence-corrected chi connectivity index (χ2v) is 11.5. The van der Waals surface area contributed by atoms with E-state index in [0.717, 1.165) is 18.6 Å². The Morgan fingerprint density at radius 2 is 0.830 bits per heavy atom. The number of nitrogens with one attached hydrogen (secondary N) is 1. The van der Waals surface area contributed by atoms with Crippen molar-refractivity contribution >= 4 is 6.09 Å². The first-order chi connectivity index (χ1) is 23.3. The minimum atomic E-state index is -0.459. The van der Waals surface area contributed by atoms with Crippen LogP contribution < -0.4 is 5.32 Å². The molecule has 0 unspecified atom stereocenters. The molecule has 1 N–H and O–H groups in total. The van der Waals surface area contributed by atoms with Gasteiger partial charge in [0, 0.05) is 13.2 Å². The second kappa shape index (κ2) is 37.0. The zero-order chi connectivity index (χ0) is 33.6. The molecule has 0 heterocycles. The summed E-state index contributed by atoms with van der Waals surface area (Å²) in [6, 6.07) is 9.54. The molecule has 47 heavy (non-hydrogen) atoms. The average Bonchev–Trinajstić information content (AvgIpc) is 3.09. The van der Waals surface area contributed by atoms with Crippen LogP contribution >= 0.6 is 0 Å². The number of ether oxygens (including phenoxy) is 8. The maximum atomic E-state index is 11.6. The summed E-state index contributed by atoms with van der Waals surface area (Å²) in [6.07, 6.45) is 17.3. The Hall–Kier alpha value is -1.79. The highest BCUT2D eigenvalue weighted by molar-refractivity contribution is 5.67. The van der Waals surface area contributed by atoms with Gasteiger partial charge in [0.25, 0.3) is 0 Å². The van der Waals surface area contributed by atoms with Crippen molar-refractivity contribution in [2.24, 2.45) is 0 Å². The predicted molar refractivity (Wildman–Crippen MR) is 186 cm³/mol. The normalized spacial score (nSPS) is 11.3. The SMILES string of the molecule is CCCCCCCCCCCCCCCOCCOCCOCCOCCOCCOCCOCCNC(=O)OCc1ccccc1. The van der Waals surface area contributed by atoms with Gasteiger partial charge >= 0.3 is 6.09 Å². The van der Waals surface area contributed by atoms with E-state index in [-0.39, 0.29) is 6.61 Å². The topological polar surface area (TPSA) is 103 Å². The maximum Gasteiger partial charge on any atom is 0.407 e. The molecule has 0 saturated carbocycles. The van der Waals surface area contributed by atoms with Gasteiger partial charge in [0.1, 0.15) is 6.61 Å². The van der Waals surface area contributed by atoms with Crippen LogP contribution in [0.1, 0.15) is 96.0 Å². The van der Waals surface area contributed by atoms with E-state index in [1.165, 1.54) is 77.0 Å². The molecule has 0 aliphatic carbocycles. The molecule has 1 aromatic carbocycles. The summed E-state index contributed by atoms with van der Waals surface area (Å²) in [7, 11) is 0. The van der Waals surface area contributed by atoms with Crippen LogP contribution in [0.15, 0.2) is 30.3 Å². The Morgan fingerprint density at radius 3 is 1.26 bits per heavy atom. The molecule has 0 aromatic heterocycles. The first-order valence-corrected chi connectivity index (χ1v) is 18.3. The molecular formula is C37H67NO9. The van der Waals surface area contributed by atoms with E-state index in [0.29, 0.717) is 92.4 Å². The molecule has 0 radical (unpaired) electrons. The monoisotopic (exact) mass is 669 g/mol. The average molecular weight is 670 g/mol. The van der Waals surface area contributed by atoms with Crippen molar-refractivity contribution in [3.8, 4) is 0 Å². The summed E-state index contributed by atoms with van der Waals surface area (Å²) in [4.78, 5) is 11.6. The van der Waals surface area contributed by atoms with Crippen molar-refractivity contribution < 1.29 is 42.7 Å². The molecule has 0 atom stereocenters. The summed E-state index contributed by atoms with van der Waals surface area (Å²) in [5.41, 5.74) is 0.946. The fraction of sp³-hybridized carbons (Fsp3) is 0.811. The van der Waals surface area contributed by atoms with Crippen molar-refractivity contribution in [2.45, 2.75) is 97.0 Å². The Kier molecular flexibility index (Phi) is 34.1. The molecule has 1 rings (SSSR count). The molecule has 0 fully saturated rings. The van der Waals surface area contributed by atoms with E-state index in [4.69, 9.17) is 37.9 Å². The van der Waals surface area contributed by atoms with E-state index in [1.54, 1.807) is 0 Å². The molecule has 10 heteroatoms. The van der Waals surface area contributed by atoms with Gasteiger partial charge in [-0.1, -0.05) is 114 Å². The van der Waals surface area contributed by atoms with Crippen LogP contribution in [0.2, 0.25) is 0 Å². The number of rotatable bonds is 37. The van der Waals surface area contributed by atoms with Gasteiger partial charge in [0.2, 0.25) is 0 Å². The molecule has 0 spiro atoms. The van der Waals surface area contributed by atoms with E-state index in [1.807, 2.05) is 30.3 Å². The van der Waals surface area contributed by atoms with Crippen molar-refractivity contribution in [2.75, 3.05) is 99.0 Å². The van der Waals surface area contributed by atoms with E-state index < -0.39 is 6.09 Å². The molecule has 274 valence electrons. The first-order valence-electron chi connectivity index (χ1n) is 18.3. The molecule has 0 saturated heterocycles. The number of carbonyl (C=O) groups excluding carboxylic acids is 1. The second-order valence-electron chi connectivity index (χ2n) is 11.5. The molecule has 0 aliphatic rings. The van der Waals surface area contributed by atoms with Gasteiger partial charge in [0.05, 0.1) is 85.9 Å². The zero-order valence-corrected chi connectivity index (χ0v) is 29.6. The maximum absolute atomic E-state index is 11.6. The largest absolute Gasteiger partial charge is 0.445 e. The third kappa shape index (κ3) is 33.9. The fourth-order valence-corrected chi connectivity index (χ4v) is 4.64. The summed E-state index contributed by atoms with van der Waals surface area (Å²) in [5, 5.41) is 2.65. The van der Waals surface area contributed by atoms with Crippen LogP contribution in [0.4, 0.5) is 4.79 Å². The lowest BCUT2D eigenvalue weighted by Crippen LogP contribution is -2.28. The van der Waals surface area contributed by atoms with Gasteiger partial charge < -0.3 is 43.2 Å². The van der Waals surface area contributed by atoms with Crippen molar-refractivity contribution in [3.63, 3.8) is 0 Å². The van der Waals surface area contributed by atoms with Crippen LogP contribution in [0.25, 0.3) is 0 Å². The van der Waals surface area contributed by atoms with Crippen molar-refractivity contribution in [3.05, 3.63) is 35.9 Å². The van der Waals surface area contributed by atoms with Gasteiger partial charge in [-0.3, -0.25) is 0 Å². The van der Waals surface area contributed by atoms with Gasteiger partial charge in [-0.25, -0.2) is 4.79 Å². The number of amides is 1. The highest BCUT2D eigenvalue weighted by Gasteiger charge is 2.02. The molecule has 1 amide bonds. The highest BCUT2D eigenvalue weighted by Crippen LogP contribution is 2.12. The number of benzene rings is 1. The first kappa shape index (κ1) is 43.2. The summed E-state index contributed by atoms with van der Waals surface area (Å²) < 4.78 is 43.8. The molecule has 0 bridgehead atoms. The lowest BCUT2D eigenvalue weighted by atomic mass is 10.0. The third-order valence-corrected chi connectivity index (χ3v) is 7.35. The molecule has 10 nitrogen and oxygen atoms in total. The van der Waals surface area contributed by atoms with Gasteiger partial charge in [-0.15, -0.1) is 0 Å². The van der Waals surface area contributed by atoms with Crippen molar-refractivity contribution in [1.29, 1.82) is 0 Å². The highest BCUT2D eigenvalue weighted by atomic mass is 16.6. The minimum Gasteiger partial charge on any atom is -0.445 e. The Balaban J connectivity index is 1.63. The quantitative estimate of drug-likeness (QED) is 0.0742. The summed E-state index contributed by atoms with van der Waals surface area (Å²) in [5.74, 6) is 0. The fourth-order valence-electron chi connectivity index (χ4n) is 4.64. The van der Waals surface area contributed by atoms with E-state index in [9.17, 15) is 4.79 Å². The van der Waals surface area contributed by atoms with Crippen LogP contribution in [-0.2, 0) is 44.5 Å². The van der Waals surface area contributed by atoms with Gasteiger partial charge in [-0.05, 0) is 12.0 Å². The van der Waals surface area contributed by atoms with Crippen LogP contribution in [0, 0.1) is 0 Å². The lowest BCUT2D eigenvalue weighted by Gasteiger charge is -2.09. The summed E-state index contributed by atoms with van der Waals surface area (Å²) >= 11 is 0. The van der Waals surface area contributed by atoms with Crippen LogP contribution in [0.3, 0.4) is 0 Å². The van der Waals surface area contributed by atoms with Crippen LogP contribution in [0.5, 0.6) is 0 Å². The number of hydrogen-bond acceptors (Lipinski definition) is 9. The van der Waals surface area contributed by atoms with Crippen LogP contribution in [-0.4, -0.2) is 105 Å². The lowest BCUT2D eigenvalue weighted by molar-refractivity contribution is -0.0204. The Morgan fingerprint density at radius 1 is 0.468 bits per heavy atom. The Labute approximate surface area is 285 Å². The van der Waals surface area contributed by atoms with E-state index >= 15 is 0 Å². The third-order valence-electron chi connectivity index (χ3n) is 7.35. The molecular weight excluding hydrogens is 602 g/mol. The van der Waals surface area contributed by atoms with Gasteiger partial charge in [0.15, 0.2) is 0 Å². The number of unbranched alkanes of at least 4 members (excludes halogenated alkanes) is 12. The van der Waals surface area contributed by atoms with Gasteiger partial charge in [-0.2, -0.15) is 0 Å². The standard InChI is InChI=1S/C37H67NO9/c1-2-3-4-5-6-7-8-9-10-11-12-13-17-21-40-23-25-42-27-29-44-31-33-46-34-32-45-30-28-43-26-24-41-22-20-38-37(39)47-35-36-18-15-14-16-19-36/h14-16,18-19H,2-13,17,20-35H2,1H3,(H,38,39). The number of hydrogen-bond donors (Lipinski definition) is 1.